The summed E-state index contributed by atoms with van der Waals surface area (Å²) in [5, 5.41) is 21.9. The minimum absolute atomic E-state index is 0.0537. The van der Waals surface area contributed by atoms with E-state index in [1.54, 1.807) is 36.4 Å². The molecule has 0 radical (unpaired) electrons. The van der Waals surface area contributed by atoms with E-state index in [0.717, 1.165) is 0 Å². The summed E-state index contributed by atoms with van der Waals surface area (Å²) in [5.74, 6) is -1.17. The zero-order valence-corrected chi connectivity index (χ0v) is 16.2. The number of nitrogens with zero attached hydrogens (tertiary/aromatic N) is 1. The number of benzene rings is 2. The fraction of sp³-hybridized carbons (Fsp3) is 0. The zero-order chi connectivity index (χ0) is 21.0. The van der Waals surface area contributed by atoms with Gasteiger partial charge in [0.05, 0.1) is 10.6 Å². The van der Waals surface area contributed by atoms with Gasteiger partial charge in [0.2, 0.25) is 0 Å². The van der Waals surface area contributed by atoms with Crippen molar-refractivity contribution < 1.29 is 19.1 Å². The number of nitriles is 1. The smallest absolute Gasteiger partial charge is 0.335 e. The summed E-state index contributed by atoms with van der Waals surface area (Å²) in [5.41, 5.74) is 0.748. The van der Waals surface area contributed by atoms with Crippen LogP contribution < -0.4 is 5.32 Å². The zero-order valence-electron chi connectivity index (χ0n) is 14.6. The van der Waals surface area contributed by atoms with Gasteiger partial charge in [-0.05, 0) is 54.6 Å². The Morgan fingerprint density at radius 3 is 2.45 bits per heavy atom. The van der Waals surface area contributed by atoms with Gasteiger partial charge in [-0.3, -0.25) is 4.79 Å². The van der Waals surface area contributed by atoms with E-state index in [9.17, 15) is 14.9 Å². The maximum absolute atomic E-state index is 12.3. The first kappa shape index (κ1) is 20.2. The van der Waals surface area contributed by atoms with E-state index in [4.69, 9.17) is 32.7 Å². The van der Waals surface area contributed by atoms with Crippen LogP contribution >= 0.6 is 23.2 Å². The molecular weight excluding hydrogens is 415 g/mol. The molecule has 3 aromatic rings. The number of carbonyl (C=O) groups excluding carboxylic acids is 1. The number of hydrogen-bond acceptors (Lipinski definition) is 4. The monoisotopic (exact) mass is 426 g/mol. The van der Waals surface area contributed by atoms with Crippen LogP contribution in [0.1, 0.15) is 16.1 Å². The predicted octanol–water partition coefficient (Wildman–Crippen LogP) is 5.50. The highest BCUT2D eigenvalue weighted by atomic mass is 35.5. The molecule has 0 saturated heterocycles. The number of halogens is 2. The molecule has 0 unspecified atom stereocenters. The Morgan fingerprint density at radius 2 is 1.79 bits per heavy atom. The number of carbonyl (C=O) groups is 2. The van der Waals surface area contributed by atoms with E-state index in [1.807, 2.05) is 6.07 Å². The van der Waals surface area contributed by atoms with Crippen LogP contribution in [0.25, 0.3) is 17.4 Å². The minimum Gasteiger partial charge on any atom is -0.478 e. The Hall–Kier alpha value is -3.53. The Morgan fingerprint density at radius 1 is 1.07 bits per heavy atom. The molecule has 8 heteroatoms. The molecule has 0 aliphatic carbocycles. The van der Waals surface area contributed by atoms with Gasteiger partial charge in [0.25, 0.3) is 5.91 Å². The van der Waals surface area contributed by atoms with Gasteiger partial charge in [-0.2, -0.15) is 5.26 Å². The molecular formula is C21H12Cl2N2O4. The van der Waals surface area contributed by atoms with Crippen LogP contribution in [0, 0.1) is 11.3 Å². The van der Waals surface area contributed by atoms with Gasteiger partial charge in [0, 0.05) is 22.3 Å². The summed E-state index contributed by atoms with van der Waals surface area (Å²) in [6.07, 6.45) is 1.28. The third-order valence-electron chi connectivity index (χ3n) is 3.86. The second kappa shape index (κ2) is 8.65. The predicted molar refractivity (Wildman–Crippen MR) is 110 cm³/mol. The Kier molecular flexibility index (Phi) is 6.03. The largest absolute Gasteiger partial charge is 0.478 e. The van der Waals surface area contributed by atoms with E-state index >= 15 is 0 Å². The lowest BCUT2D eigenvalue weighted by Crippen LogP contribution is -2.13. The van der Waals surface area contributed by atoms with Gasteiger partial charge in [-0.25, -0.2) is 4.79 Å². The number of carboxylic acid groups (broad SMARTS) is 1. The summed E-state index contributed by atoms with van der Waals surface area (Å²) < 4.78 is 5.63. The SMILES string of the molecule is N#C/C(=C/c1ccc(-c2cc(C(=O)O)ccc2Cl)o1)C(=O)Nc1ccc(Cl)cc1. The summed E-state index contributed by atoms with van der Waals surface area (Å²) in [6.45, 7) is 0. The molecule has 1 aromatic heterocycles. The number of nitrogens with one attached hydrogen (secondary N) is 1. The molecule has 0 spiro atoms. The molecule has 1 amide bonds. The van der Waals surface area contributed by atoms with Crippen LogP contribution in [0.4, 0.5) is 5.69 Å². The molecule has 2 N–H and O–H groups in total. The van der Waals surface area contributed by atoms with E-state index in [-0.39, 0.29) is 16.9 Å². The highest BCUT2D eigenvalue weighted by molar-refractivity contribution is 6.33. The minimum atomic E-state index is -1.10. The standard InChI is InChI=1S/C21H12Cl2N2O4/c22-14-2-4-15(5-3-14)25-20(26)13(11-24)9-16-6-8-19(29-16)17-10-12(21(27)28)1-7-18(17)23/h1-10H,(H,25,26)(H,27,28)/b13-9-. The van der Waals surface area contributed by atoms with Gasteiger partial charge in [0.15, 0.2) is 0 Å². The summed E-state index contributed by atoms with van der Waals surface area (Å²) in [7, 11) is 0. The van der Waals surface area contributed by atoms with E-state index in [1.165, 1.54) is 24.3 Å². The maximum Gasteiger partial charge on any atom is 0.335 e. The molecule has 29 heavy (non-hydrogen) atoms. The van der Waals surface area contributed by atoms with Crippen molar-refractivity contribution in [2.75, 3.05) is 5.32 Å². The van der Waals surface area contributed by atoms with Crippen LogP contribution in [-0.2, 0) is 4.79 Å². The van der Waals surface area contributed by atoms with Crippen molar-refractivity contribution in [3.63, 3.8) is 0 Å². The molecule has 6 nitrogen and oxygen atoms in total. The molecule has 0 aliphatic rings. The number of rotatable bonds is 5. The molecule has 0 saturated carbocycles. The summed E-state index contributed by atoms with van der Waals surface area (Å²) in [4.78, 5) is 23.5. The second-order valence-corrected chi connectivity index (χ2v) is 6.68. The summed E-state index contributed by atoms with van der Waals surface area (Å²) in [6, 6.07) is 15.6. The molecule has 144 valence electrons. The number of furan rings is 1. The fourth-order valence-corrected chi connectivity index (χ4v) is 2.78. The van der Waals surface area contributed by atoms with E-state index in [0.29, 0.717) is 27.1 Å². The van der Waals surface area contributed by atoms with Crippen molar-refractivity contribution in [3.05, 3.63) is 81.5 Å². The second-order valence-electron chi connectivity index (χ2n) is 5.83. The van der Waals surface area contributed by atoms with Crippen molar-refractivity contribution in [1.82, 2.24) is 0 Å². The van der Waals surface area contributed by atoms with Gasteiger partial charge >= 0.3 is 5.97 Å². The average molecular weight is 427 g/mol. The van der Waals surface area contributed by atoms with E-state index < -0.39 is 11.9 Å². The Balaban J connectivity index is 1.85. The number of anilines is 1. The average Bonchev–Trinajstić information content (AvgIpc) is 3.16. The van der Waals surface area contributed by atoms with Crippen LogP contribution in [0.15, 0.2) is 64.6 Å². The normalized spacial score (nSPS) is 11.0. The quantitative estimate of drug-likeness (QED) is 0.414. The van der Waals surface area contributed by atoms with Gasteiger partial charge in [-0.15, -0.1) is 0 Å². The molecule has 0 bridgehead atoms. The topological polar surface area (TPSA) is 103 Å². The highest BCUT2D eigenvalue weighted by Crippen LogP contribution is 2.31. The molecule has 2 aromatic carbocycles. The molecule has 1 heterocycles. The van der Waals surface area contributed by atoms with Gasteiger partial charge in [-0.1, -0.05) is 23.2 Å². The maximum atomic E-state index is 12.3. The lowest BCUT2D eigenvalue weighted by Gasteiger charge is -2.04. The van der Waals surface area contributed by atoms with Crippen molar-refractivity contribution in [2.45, 2.75) is 0 Å². The molecule has 0 fully saturated rings. The van der Waals surface area contributed by atoms with Crippen molar-refractivity contribution in [3.8, 4) is 17.4 Å². The molecule has 3 rings (SSSR count). The first-order valence-electron chi connectivity index (χ1n) is 8.19. The lowest BCUT2D eigenvalue weighted by atomic mass is 10.1. The van der Waals surface area contributed by atoms with Crippen molar-refractivity contribution in [2.24, 2.45) is 0 Å². The summed E-state index contributed by atoms with van der Waals surface area (Å²) >= 11 is 11.9. The number of carboxylic acids is 1. The number of hydrogen-bond donors (Lipinski definition) is 2. The third-order valence-corrected chi connectivity index (χ3v) is 4.44. The molecule has 0 atom stereocenters. The number of aromatic carboxylic acids is 1. The third kappa shape index (κ3) is 4.85. The van der Waals surface area contributed by atoms with Crippen molar-refractivity contribution in [1.29, 1.82) is 5.26 Å². The van der Waals surface area contributed by atoms with Crippen LogP contribution in [0.5, 0.6) is 0 Å². The first-order valence-corrected chi connectivity index (χ1v) is 8.95. The molecule has 0 aliphatic heterocycles. The fourth-order valence-electron chi connectivity index (χ4n) is 2.44. The Bertz CT molecular complexity index is 1160. The van der Waals surface area contributed by atoms with Crippen LogP contribution in [0.2, 0.25) is 10.0 Å². The number of amides is 1. The van der Waals surface area contributed by atoms with E-state index in [2.05, 4.69) is 5.32 Å². The van der Waals surface area contributed by atoms with Gasteiger partial charge < -0.3 is 14.8 Å². The lowest BCUT2D eigenvalue weighted by molar-refractivity contribution is -0.112. The van der Waals surface area contributed by atoms with Crippen LogP contribution in [0.3, 0.4) is 0 Å². The van der Waals surface area contributed by atoms with Crippen molar-refractivity contribution >= 4 is 46.8 Å². The first-order chi connectivity index (χ1) is 13.9. The van der Waals surface area contributed by atoms with Crippen LogP contribution in [-0.4, -0.2) is 17.0 Å². The van der Waals surface area contributed by atoms with Gasteiger partial charge in [0.1, 0.15) is 23.2 Å². The Labute approximate surface area is 175 Å². The highest BCUT2D eigenvalue weighted by Gasteiger charge is 2.14.